The summed E-state index contributed by atoms with van der Waals surface area (Å²) >= 11 is 6.40. The Morgan fingerprint density at radius 1 is 1.31 bits per heavy atom. The van der Waals surface area contributed by atoms with Crippen molar-refractivity contribution in [1.82, 2.24) is 20.0 Å². The Kier molecular flexibility index (Phi) is 4.38. The summed E-state index contributed by atoms with van der Waals surface area (Å²) in [6.07, 6.45) is 0. The average molecular weight is 373 g/mol. The molecular formula is C19H18ClFN4O. The Balaban J connectivity index is 1.73. The quantitative estimate of drug-likeness (QED) is 0.768. The van der Waals surface area contributed by atoms with Crippen LogP contribution in [-0.2, 0) is 18.4 Å². The van der Waals surface area contributed by atoms with Crippen molar-refractivity contribution in [3.8, 4) is 0 Å². The summed E-state index contributed by atoms with van der Waals surface area (Å²) in [7, 11) is 1.87. The molecule has 1 aliphatic rings. The summed E-state index contributed by atoms with van der Waals surface area (Å²) < 4.78 is 15.5. The van der Waals surface area contributed by atoms with Gasteiger partial charge < -0.3 is 5.32 Å². The highest BCUT2D eigenvalue weighted by Gasteiger charge is 2.32. The molecule has 1 aromatic heterocycles. The third kappa shape index (κ3) is 2.95. The lowest BCUT2D eigenvalue weighted by Crippen LogP contribution is -2.49. The molecule has 1 atom stereocenters. The highest BCUT2D eigenvalue weighted by molar-refractivity contribution is 6.35. The Morgan fingerprint density at radius 3 is 2.92 bits per heavy atom. The Hall–Kier alpha value is -2.44. The van der Waals surface area contributed by atoms with Crippen molar-refractivity contribution >= 4 is 28.4 Å². The van der Waals surface area contributed by atoms with Gasteiger partial charge >= 0.3 is 0 Å². The molecule has 4 rings (SSSR count). The molecule has 0 unspecified atom stereocenters. The van der Waals surface area contributed by atoms with Crippen molar-refractivity contribution in [3.63, 3.8) is 0 Å². The number of amides is 1. The molecule has 1 aliphatic heterocycles. The summed E-state index contributed by atoms with van der Waals surface area (Å²) in [5.74, 6) is -0.486. The molecule has 2 aromatic carbocycles. The standard InChI is InChI=1S/C19H18ClFN4O/c1-24-16-7-3-6-14(20)17(16)15(23-24)11-25-9-8-22-19(26)18(25)12-4-2-5-13(21)10-12/h2-7,10,18H,8-9,11H2,1H3,(H,22,26)/t18-/m1/s1. The number of aryl methyl sites for hydroxylation is 1. The minimum atomic E-state index is -0.556. The molecule has 5 nitrogen and oxygen atoms in total. The molecular weight excluding hydrogens is 355 g/mol. The first kappa shape index (κ1) is 17.0. The van der Waals surface area contributed by atoms with E-state index < -0.39 is 6.04 Å². The molecule has 1 N–H and O–H groups in total. The van der Waals surface area contributed by atoms with Gasteiger partial charge in [0.1, 0.15) is 11.9 Å². The third-order valence-electron chi connectivity index (χ3n) is 4.73. The number of nitrogens with one attached hydrogen (secondary N) is 1. The molecule has 0 aliphatic carbocycles. The molecule has 3 aromatic rings. The zero-order valence-corrected chi connectivity index (χ0v) is 15.0. The molecule has 0 spiro atoms. The Morgan fingerprint density at radius 2 is 2.12 bits per heavy atom. The van der Waals surface area contributed by atoms with Crippen LogP contribution in [0.25, 0.3) is 10.9 Å². The number of benzene rings is 2. The van der Waals surface area contributed by atoms with Gasteiger partial charge in [-0.05, 0) is 29.8 Å². The highest BCUT2D eigenvalue weighted by Crippen LogP contribution is 2.30. The second-order valence-corrected chi connectivity index (χ2v) is 6.83. The number of piperazine rings is 1. The molecule has 134 valence electrons. The molecule has 1 amide bonds. The van der Waals surface area contributed by atoms with Gasteiger partial charge in [-0.3, -0.25) is 14.4 Å². The summed E-state index contributed by atoms with van der Waals surface area (Å²) in [5, 5.41) is 8.99. The normalized spacial score (nSPS) is 18.3. The maximum Gasteiger partial charge on any atom is 0.242 e. The largest absolute Gasteiger partial charge is 0.353 e. The van der Waals surface area contributed by atoms with E-state index in [0.29, 0.717) is 30.2 Å². The van der Waals surface area contributed by atoms with E-state index in [1.807, 2.05) is 30.1 Å². The monoisotopic (exact) mass is 372 g/mol. The van der Waals surface area contributed by atoms with Crippen molar-refractivity contribution in [2.45, 2.75) is 12.6 Å². The van der Waals surface area contributed by atoms with Crippen LogP contribution in [0.4, 0.5) is 4.39 Å². The predicted octanol–water partition coefficient (Wildman–Crippen LogP) is 3.04. The first-order chi connectivity index (χ1) is 12.5. The van der Waals surface area contributed by atoms with E-state index in [2.05, 4.69) is 10.4 Å². The van der Waals surface area contributed by atoms with Crippen molar-refractivity contribution in [2.75, 3.05) is 13.1 Å². The van der Waals surface area contributed by atoms with Gasteiger partial charge in [-0.2, -0.15) is 5.10 Å². The Labute approximate surface area is 155 Å². The van der Waals surface area contributed by atoms with E-state index in [1.165, 1.54) is 12.1 Å². The fourth-order valence-electron chi connectivity index (χ4n) is 3.58. The van der Waals surface area contributed by atoms with Gasteiger partial charge in [0.05, 0.1) is 16.2 Å². The van der Waals surface area contributed by atoms with E-state index >= 15 is 0 Å². The molecule has 26 heavy (non-hydrogen) atoms. The lowest BCUT2D eigenvalue weighted by atomic mass is 10.0. The number of aromatic nitrogens is 2. The molecule has 1 fully saturated rings. The molecule has 0 bridgehead atoms. The van der Waals surface area contributed by atoms with Crippen LogP contribution in [0.5, 0.6) is 0 Å². The van der Waals surface area contributed by atoms with Gasteiger partial charge in [-0.15, -0.1) is 0 Å². The molecule has 0 radical (unpaired) electrons. The van der Waals surface area contributed by atoms with Crippen molar-refractivity contribution in [2.24, 2.45) is 7.05 Å². The number of carbonyl (C=O) groups is 1. The zero-order chi connectivity index (χ0) is 18.3. The van der Waals surface area contributed by atoms with Gasteiger partial charge in [0.15, 0.2) is 0 Å². The van der Waals surface area contributed by atoms with Gasteiger partial charge in [0, 0.05) is 32.1 Å². The molecule has 1 saturated heterocycles. The van der Waals surface area contributed by atoms with Crippen LogP contribution in [0.3, 0.4) is 0 Å². The topological polar surface area (TPSA) is 50.2 Å². The van der Waals surface area contributed by atoms with Crippen LogP contribution < -0.4 is 5.32 Å². The van der Waals surface area contributed by atoms with Crippen LogP contribution >= 0.6 is 11.6 Å². The van der Waals surface area contributed by atoms with E-state index in [-0.39, 0.29) is 11.7 Å². The lowest BCUT2D eigenvalue weighted by Gasteiger charge is -2.34. The van der Waals surface area contributed by atoms with Crippen LogP contribution in [-0.4, -0.2) is 33.7 Å². The molecule has 0 saturated carbocycles. The second kappa shape index (κ2) is 6.70. The minimum absolute atomic E-state index is 0.131. The highest BCUT2D eigenvalue weighted by atomic mass is 35.5. The zero-order valence-electron chi connectivity index (χ0n) is 14.2. The van der Waals surface area contributed by atoms with Gasteiger partial charge in [0.2, 0.25) is 5.91 Å². The summed E-state index contributed by atoms with van der Waals surface area (Å²) in [4.78, 5) is 14.5. The second-order valence-electron chi connectivity index (χ2n) is 6.42. The van der Waals surface area contributed by atoms with Gasteiger partial charge in [-0.1, -0.05) is 29.8 Å². The lowest BCUT2D eigenvalue weighted by molar-refractivity contribution is -0.129. The number of hydrogen-bond donors (Lipinski definition) is 1. The fraction of sp³-hybridized carbons (Fsp3) is 0.263. The van der Waals surface area contributed by atoms with Crippen LogP contribution in [0, 0.1) is 5.82 Å². The van der Waals surface area contributed by atoms with Gasteiger partial charge in [-0.25, -0.2) is 4.39 Å². The van der Waals surface area contributed by atoms with E-state index in [0.717, 1.165) is 16.6 Å². The van der Waals surface area contributed by atoms with Crippen molar-refractivity contribution < 1.29 is 9.18 Å². The number of fused-ring (bicyclic) bond motifs is 1. The molecule has 2 heterocycles. The maximum absolute atomic E-state index is 13.7. The van der Waals surface area contributed by atoms with Crippen LogP contribution in [0.15, 0.2) is 42.5 Å². The van der Waals surface area contributed by atoms with E-state index in [9.17, 15) is 9.18 Å². The Bertz CT molecular complexity index is 987. The minimum Gasteiger partial charge on any atom is -0.353 e. The van der Waals surface area contributed by atoms with Gasteiger partial charge in [0.25, 0.3) is 0 Å². The molecule has 7 heteroatoms. The smallest absolute Gasteiger partial charge is 0.242 e. The number of nitrogens with zero attached hydrogens (tertiary/aromatic N) is 3. The summed E-state index contributed by atoms with van der Waals surface area (Å²) in [6.45, 7) is 1.65. The van der Waals surface area contributed by atoms with Crippen molar-refractivity contribution in [1.29, 1.82) is 0 Å². The van der Waals surface area contributed by atoms with Crippen LogP contribution in [0.1, 0.15) is 17.3 Å². The van der Waals surface area contributed by atoms with E-state index in [4.69, 9.17) is 11.6 Å². The number of hydrogen-bond acceptors (Lipinski definition) is 3. The number of rotatable bonds is 3. The average Bonchev–Trinajstić information content (AvgIpc) is 2.92. The SMILES string of the molecule is Cn1nc(CN2CCNC(=O)[C@H]2c2cccc(F)c2)c2c(Cl)cccc21. The van der Waals surface area contributed by atoms with Crippen molar-refractivity contribution in [3.05, 3.63) is 64.6 Å². The summed E-state index contributed by atoms with van der Waals surface area (Å²) in [6, 6.07) is 11.3. The third-order valence-corrected chi connectivity index (χ3v) is 5.04. The first-order valence-electron chi connectivity index (χ1n) is 8.42. The van der Waals surface area contributed by atoms with E-state index in [1.54, 1.807) is 16.8 Å². The first-order valence-corrected chi connectivity index (χ1v) is 8.79. The fourth-order valence-corrected chi connectivity index (χ4v) is 3.86. The van der Waals surface area contributed by atoms with Crippen LogP contribution in [0.2, 0.25) is 5.02 Å². The summed E-state index contributed by atoms with van der Waals surface area (Å²) in [5.41, 5.74) is 2.38. The predicted molar refractivity (Wildman–Crippen MR) is 98.3 cm³/mol. The number of halogens is 2. The maximum atomic E-state index is 13.7. The number of carbonyl (C=O) groups excluding carboxylic acids is 1.